The SMILES string of the molecule is CCCCC(CCC)NCc1ccc([Si](C)(C)C)cc1. The third kappa shape index (κ3) is 6.23. The Balaban J connectivity index is 2.51. The molecule has 1 aromatic carbocycles. The van der Waals surface area contributed by atoms with Crippen LogP contribution in [0.25, 0.3) is 0 Å². The van der Waals surface area contributed by atoms with Crippen LogP contribution in [0.5, 0.6) is 0 Å². The van der Waals surface area contributed by atoms with Gasteiger partial charge in [0.15, 0.2) is 0 Å². The van der Waals surface area contributed by atoms with Gasteiger partial charge in [0, 0.05) is 12.6 Å². The topological polar surface area (TPSA) is 12.0 Å². The standard InChI is InChI=1S/C18H33NSi/c1-6-8-10-17(9-7-2)19-15-16-11-13-18(14-12-16)20(3,4)5/h11-14,17,19H,6-10,15H2,1-5H3. The van der Waals surface area contributed by atoms with Crippen LogP contribution < -0.4 is 10.5 Å². The van der Waals surface area contributed by atoms with E-state index in [0.717, 1.165) is 6.54 Å². The lowest BCUT2D eigenvalue weighted by Crippen LogP contribution is -2.37. The lowest BCUT2D eigenvalue weighted by Gasteiger charge is -2.19. The normalized spacial score (nSPS) is 13.4. The summed E-state index contributed by atoms with van der Waals surface area (Å²) in [6.07, 6.45) is 6.53. The molecule has 0 aliphatic rings. The molecule has 114 valence electrons. The van der Waals surface area contributed by atoms with E-state index in [4.69, 9.17) is 0 Å². The van der Waals surface area contributed by atoms with Crippen molar-refractivity contribution < 1.29 is 0 Å². The van der Waals surface area contributed by atoms with Crippen LogP contribution in [0.2, 0.25) is 19.6 Å². The van der Waals surface area contributed by atoms with Gasteiger partial charge in [-0.2, -0.15) is 0 Å². The highest BCUT2D eigenvalue weighted by atomic mass is 28.3. The molecule has 0 heterocycles. The molecule has 0 aromatic heterocycles. The van der Waals surface area contributed by atoms with Crippen LogP contribution in [-0.4, -0.2) is 14.1 Å². The zero-order chi connectivity index (χ0) is 15.0. The quantitative estimate of drug-likeness (QED) is 0.651. The second kappa shape index (κ2) is 8.63. The van der Waals surface area contributed by atoms with Gasteiger partial charge in [0.25, 0.3) is 0 Å². The summed E-state index contributed by atoms with van der Waals surface area (Å²) < 4.78 is 0. The summed E-state index contributed by atoms with van der Waals surface area (Å²) in [6.45, 7) is 12.8. The summed E-state index contributed by atoms with van der Waals surface area (Å²) >= 11 is 0. The molecule has 0 spiro atoms. The molecule has 1 atom stereocenters. The highest BCUT2D eigenvalue weighted by molar-refractivity contribution is 6.88. The van der Waals surface area contributed by atoms with E-state index in [1.54, 1.807) is 5.19 Å². The molecule has 1 rings (SSSR count). The Bertz CT molecular complexity index is 364. The largest absolute Gasteiger partial charge is 0.310 e. The van der Waals surface area contributed by atoms with Gasteiger partial charge in [-0.15, -0.1) is 0 Å². The van der Waals surface area contributed by atoms with Gasteiger partial charge in [-0.05, 0) is 18.4 Å². The Kier molecular flexibility index (Phi) is 7.53. The maximum absolute atomic E-state index is 3.74. The van der Waals surface area contributed by atoms with Crippen molar-refractivity contribution in [3.8, 4) is 0 Å². The molecule has 1 N–H and O–H groups in total. The Hall–Kier alpha value is -0.603. The first kappa shape index (κ1) is 17.4. The Morgan fingerprint density at radius 2 is 1.60 bits per heavy atom. The van der Waals surface area contributed by atoms with Gasteiger partial charge in [-0.1, -0.05) is 82.2 Å². The zero-order valence-corrected chi connectivity index (χ0v) is 15.1. The van der Waals surface area contributed by atoms with Crippen LogP contribution in [0.1, 0.15) is 51.5 Å². The molecule has 0 saturated carbocycles. The van der Waals surface area contributed by atoms with Crippen molar-refractivity contribution in [2.24, 2.45) is 0 Å². The lowest BCUT2D eigenvalue weighted by atomic mass is 10.0. The molecule has 0 aliphatic heterocycles. The number of hydrogen-bond acceptors (Lipinski definition) is 1. The fourth-order valence-electron chi connectivity index (χ4n) is 2.53. The maximum atomic E-state index is 3.74. The van der Waals surface area contributed by atoms with Crippen LogP contribution in [-0.2, 0) is 6.54 Å². The first-order valence-corrected chi connectivity index (χ1v) is 11.8. The molecule has 0 aliphatic carbocycles. The summed E-state index contributed by atoms with van der Waals surface area (Å²) in [4.78, 5) is 0. The first-order valence-electron chi connectivity index (χ1n) is 8.30. The number of rotatable bonds is 9. The molecule has 0 radical (unpaired) electrons. The van der Waals surface area contributed by atoms with Crippen LogP contribution in [0.15, 0.2) is 24.3 Å². The van der Waals surface area contributed by atoms with Crippen LogP contribution >= 0.6 is 0 Å². The van der Waals surface area contributed by atoms with Crippen LogP contribution in [0, 0.1) is 0 Å². The summed E-state index contributed by atoms with van der Waals surface area (Å²) in [5, 5.41) is 5.29. The van der Waals surface area contributed by atoms with E-state index in [-0.39, 0.29) is 0 Å². The molecule has 1 aromatic rings. The molecular formula is C18H33NSi. The Morgan fingerprint density at radius 1 is 0.950 bits per heavy atom. The molecule has 0 bridgehead atoms. The molecule has 1 unspecified atom stereocenters. The molecule has 20 heavy (non-hydrogen) atoms. The van der Waals surface area contributed by atoms with Crippen molar-refractivity contribution in [1.82, 2.24) is 5.32 Å². The Morgan fingerprint density at radius 3 is 2.10 bits per heavy atom. The zero-order valence-electron chi connectivity index (χ0n) is 14.1. The number of benzene rings is 1. The lowest BCUT2D eigenvalue weighted by molar-refractivity contribution is 0.434. The van der Waals surface area contributed by atoms with Gasteiger partial charge in [-0.25, -0.2) is 0 Å². The van der Waals surface area contributed by atoms with E-state index in [1.165, 1.54) is 37.7 Å². The predicted molar refractivity (Wildman–Crippen MR) is 94.5 cm³/mol. The van der Waals surface area contributed by atoms with Crippen molar-refractivity contribution in [1.29, 1.82) is 0 Å². The molecule has 2 heteroatoms. The van der Waals surface area contributed by atoms with E-state index in [2.05, 4.69) is 63.1 Å². The highest BCUT2D eigenvalue weighted by Crippen LogP contribution is 2.09. The third-order valence-electron chi connectivity index (χ3n) is 3.96. The minimum absolute atomic E-state index is 0.691. The van der Waals surface area contributed by atoms with Crippen molar-refractivity contribution in [3.05, 3.63) is 29.8 Å². The third-order valence-corrected chi connectivity index (χ3v) is 6.02. The summed E-state index contributed by atoms with van der Waals surface area (Å²) in [5.41, 5.74) is 1.42. The monoisotopic (exact) mass is 291 g/mol. The number of unbranched alkanes of at least 4 members (excludes halogenated alkanes) is 1. The first-order chi connectivity index (χ1) is 9.47. The average Bonchev–Trinajstić information content (AvgIpc) is 2.41. The van der Waals surface area contributed by atoms with Crippen molar-refractivity contribution in [2.45, 2.75) is 78.2 Å². The minimum atomic E-state index is -1.15. The average molecular weight is 292 g/mol. The summed E-state index contributed by atoms with van der Waals surface area (Å²) in [7, 11) is -1.15. The molecule has 0 fully saturated rings. The second-order valence-electron chi connectivity index (χ2n) is 6.96. The van der Waals surface area contributed by atoms with Gasteiger partial charge in [0.1, 0.15) is 0 Å². The van der Waals surface area contributed by atoms with E-state index in [0.29, 0.717) is 6.04 Å². The minimum Gasteiger partial charge on any atom is -0.310 e. The van der Waals surface area contributed by atoms with Crippen LogP contribution in [0.3, 0.4) is 0 Å². The highest BCUT2D eigenvalue weighted by Gasteiger charge is 2.15. The number of nitrogens with one attached hydrogen (secondary N) is 1. The Labute approximate surface area is 127 Å². The van der Waals surface area contributed by atoms with Gasteiger partial charge in [0.2, 0.25) is 0 Å². The van der Waals surface area contributed by atoms with Gasteiger partial charge in [0.05, 0.1) is 8.07 Å². The van der Waals surface area contributed by atoms with E-state index >= 15 is 0 Å². The van der Waals surface area contributed by atoms with E-state index in [9.17, 15) is 0 Å². The molecular weight excluding hydrogens is 258 g/mol. The molecule has 0 amide bonds. The van der Waals surface area contributed by atoms with Crippen molar-refractivity contribution in [3.63, 3.8) is 0 Å². The summed E-state index contributed by atoms with van der Waals surface area (Å²) in [6, 6.07) is 9.98. The summed E-state index contributed by atoms with van der Waals surface area (Å²) in [5.74, 6) is 0. The predicted octanol–water partition coefficient (Wildman–Crippen LogP) is 4.68. The van der Waals surface area contributed by atoms with Crippen molar-refractivity contribution >= 4 is 13.3 Å². The number of hydrogen-bond donors (Lipinski definition) is 1. The van der Waals surface area contributed by atoms with E-state index < -0.39 is 8.07 Å². The fraction of sp³-hybridized carbons (Fsp3) is 0.667. The van der Waals surface area contributed by atoms with Crippen LogP contribution in [0.4, 0.5) is 0 Å². The fourth-order valence-corrected chi connectivity index (χ4v) is 3.70. The molecule has 0 saturated heterocycles. The van der Waals surface area contributed by atoms with Gasteiger partial charge >= 0.3 is 0 Å². The van der Waals surface area contributed by atoms with E-state index in [1.807, 2.05) is 0 Å². The van der Waals surface area contributed by atoms with Gasteiger partial charge < -0.3 is 5.32 Å². The smallest absolute Gasteiger partial charge is 0.0775 e. The maximum Gasteiger partial charge on any atom is 0.0775 e. The van der Waals surface area contributed by atoms with Gasteiger partial charge in [-0.3, -0.25) is 0 Å². The van der Waals surface area contributed by atoms with Crippen molar-refractivity contribution in [2.75, 3.05) is 0 Å². The second-order valence-corrected chi connectivity index (χ2v) is 12.0. The molecule has 1 nitrogen and oxygen atoms in total.